The summed E-state index contributed by atoms with van der Waals surface area (Å²) in [5, 5.41) is 3.35. The third kappa shape index (κ3) is 2.50. The molecule has 16 heavy (non-hydrogen) atoms. The smallest absolute Gasteiger partial charge is 0.131 e. The number of nitrogens with one attached hydrogen (secondary N) is 1. The zero-order valence-corrected chi connectivity index (χ0v) is 10.1. The number of anilines is 1. The van der Waals surface area contributed by atoms with Gasteiger partial charge in [0.05, 0.1) is 0 Å². The second-order valence-corrected chi connectivity index (χ2v) is 4.49. The normalized spacial score (nSPS) is 23.1. The van der Waals surface area contributed by atoms with Crippen LogP contribution in [0.4, 0.5) is 5.82 Å². The van der Waals surface area contributed by atoms with Crippen LogP contribution >= 0.6 is 0 Å². The van der Waals surface area contributed by atoms with Crippen LogP contribution < -0.4 is 10.2 Å². The Labute approximate surface area is 97.1 Å². The molecule has 1 aliphatic rings. The van der Waals surface area contributed by atoms with Crippen molar-refractivity contribution in [2.45, 2.75) is 25.8 Å². The Kier molecular flexibility index (Phi) is 3.72. The van der Waals surface area contributed by atoms with Gasteiger partial charge < -0.3 is 10.2 Å². The molecule has 0 aromatic carbocycles. The maximum atomic E-state index is 4.32. The van der Waals surface area contributed by atoms with Crippen molar-refractivity contribution in [3.05, 3.63) is 18.6 Å². The van der Waals surface area contributed by atoms with E-state index in [2.05, 4.69) is 27.1 Å². The summed E-state index contributed by atoms with van der Waals surface area (Å²) in [5.74, 6) is 1.77. The predicted molar refractivity (Wildman–Crippen MR) is 65.5 cm³/mol. The number of nitrogens with zero attached hydrogens (tertiary/aromatic N) is 3. The number of rotatable bonds is 3. The summed E-state index contributed by atoms with van der Waals surface area (Å²) in [6.45, 7) is 4.47. The zero-order chi connectivity index (χ0) is 11.4. The molecule has 2 heterocycles. The number of piperidine rings is 1. The first-order chi connectivity index (χ1) is 7.81. The lowest BCUT2D eigenvalue weighted by atomic mass is 9.92. The highest BCUT2D eigenvalue weighted by Gasteiger charge is 2.24. The Morgan fingerprint density at radius 1 is 1.56 bits per heavy atom. The Hall–Kier alpha value is -1.16. The Morgan fingerprint density at radius 3 is 3.12 bits per heavy atom. The molecule has 1 aliphatic heterocycles. The van der Waals surface area contributed by atoms with E-state index in [0.717, 1.165) is 18.9 Å². The molecule has 88 valence electrons. The summed E-state index contributed by atoms with van der Waals surface area (Å²) in [6, 6.07) is 2.57. The summed E-state index contributed by atoms with van der Waals surface area (Å²) in [4.78, 5) is 10.6. The average molecular weight is 220 g/mol. The first-order valence-corrected chi connectivity index (χ1v) is 5.99. The number of hydrogen-bond donors (Lipinski definition) is 1. The fourth-order valence-electron chi connectivity index (χ4n) is 2.33. The lowest BCUT2D eigenvalue weighted by molar-refractivity contribution is 0.332. The van der Waals surface area contributed by atoms with Crippen LogP contribution in [0.25, 0.3) is 0 Å². The topological polar surface area (TPSA) is 41.0 Å². The molecule has 2 unspecified atom stereocenters. The van der Waals surface area contributed by atoms with Gasteiger partial charge in [-0.15, -0.1) is 0 Å². The SMILES string of the molecule is CNC(C)C1CCCN(c2ccncn2)C1. The van der Waals surface area contributed by atoms with Gasteiger partial charge in [0.1, 0.15) is 12.1 Å². The van der Waals surface area contributed by atoms with Crippen LogP contribution in [0.15, 0.2) is 18.6 Å². The molecule has 4 nitrogen and oxygen atoms in total. The standard InChI is InChI=1S/C12H20N4/c1-10(13-2)11-4-3-7-16(8-11)12-5-6-14-9-15-12/h5-6,9-11,13H,3-4,7-8H2,1-2H3. The van der Waals surface area contributed by atoms with E-state index < -0.39 is 0 Å². The molecule has 0 amide bonds. The minimum Gasteiger partial charge on any atom is -0.356 e. The first-order valence-electron chi connectivity index (χ1n) is 5.99. The van der Waals surface area contributed by atoms with Crippen LogP contribution in [0.1, 0.15) is 19.8 Å². The lowest BCUT2D eigenvalue weighted by Crippen LogP contribution is -2.43. The van der Waals surface area contributed by atoms with Gasteiger partial charge in [-0.1, -0.05) is 0 Å². The largest absolute Gasteiger partial charge is 0.356 e. The molecule has 0 saturated carbocycles. The van der Waals surface area contributed by atoms with Gasteiger partial charge in [0.25, 0.3) is 0 Å². The minimum absolute atomic E-state index is 0.574. The van der Waals surface area contributed by atoms with Crippen LogP contribution in [0, 0.1) is 5.92 Å². The molecule has 1 aromatic rings. The van der Waals surface area contributed by atoms with E-state index in [4.69, 9.17) is 0 Å². The van der Waals surface area contributed by atoms with Gasteiger partial charge in [-0.2, -0.15) is 0 Å². The summed E-state index contributed by atoms with van der Waals surface area (Å²) in [7, 11) is 2.04. The second kappa shape index (κ2) is 5.25. The third-order valence-corrected chi connectivity index (χ3v) is 3.51. The highest BCUT2D eigenvalue weighted by atomic mass is 15.2. The maximum absolute atomic E-state index is 4.32. The molecule has 1 saturated heterocycles. The minimum atomic E-state index is 0.574. The molecule has 0 spiro atoms. The number of hydrogen-bond acceptors (Lipinski definition) is 4. The van der Waals surface area contributed by atoms with E-state index >= 15 is 0 Å². The molecular formula is C12H20N4. The molecule has 1 N–H and O–H groups in total. The zero-order valence-electron chi connectivity index (χ0n) is 10.1. The van der Waals surface area contributed by atoms with E-state index in [1.807, 2.05) is 19.3 Å². The summed E-state index contributed by atoms with van der Waals surface area (Å²) in [5.41, 5.74) is 0. The summed E-state index contributed by atoms with van der Waals surface area (Å²) >= 11 is 0. The Morgan fingerprint density at radius 2 is 2.44 bits per heavy atom. The van der Waals surface area contributed by atoms with Crippen molar-refractivity contribution in [1.82, 2.24) is 15.3 Å². The highest BCUT2D eigenvalue weighted by molar-refractivity contribution is 5.37. The van der Waals surface area contributed by atoms with E-state index in [1.54, 1.807) is 6.33 Å². The second-order valence-electron chi connectivity index (χ2n) is 4.49. The average Bonchev–Trinajstić information content (AvgIpc) is 2.39. The van der Waals surface area contributed by atoms with Crippen LogP contribution in [-0.2, 0) is 0 Å². The van der Waals surface area contributed by atoms with Gasteiger partial charge in [0.15, 0.2) is 0 Å². The Bertz CT molecular complexity index is 314. The summed E-state index contributed by atoms with van der Waals surface area (Å²) < 4.78 is 0. The monoisotopic (exact) mass is 220 g/mol. The van der Waals surface area contributed by atoms with E-state index in [1.165, 1.54) is 12.8 Å². The molecule has 4 heteroatoms. The third-order valence-electron chi connectivity index (χ3n) is 3.51. The van der Waals surface area contributed by atoms with Crippen LogP contribution in [0.5, 0.6) is 0 Å². The molecule has 0 radical (unpaired) electrons. The Balaban J connectivity index is 2.02. The van der Waals surface area contributed by atoms with E-state index in [9.17, 15) is 0 Å². The van der Waals surface area contributed by atoms with Crippen molar-refractivity contribution in [3.8, 4) is 0 Å². The summed E-state index contributed by atoms with van der Waals surface area (Å²) in [6.07, 6.45) is 6.00. The molecule has 0 aliphatic carbocycles. The molecule has 1 fully saturated rings. The van der Waals surface area contributed by atoms with Crippen molar-refractivity contribution >= 4 is 5.82 Å². The molecule has 2 rings (SSSR count). The predicted octanol–water partition coefficient (Wildman–Crippen LogP) is 1.30. The highest BCUT2D eigenvalue weighted by Crippen LogP contribution is 2.23. The van der Waals surface area contributed by atoms with Crippen LogP contribution in [-0.4, -0.2) is 36.1 Å². The fraction of sp³-hybridized carbons (Fsp3) is 0.667. The van der Waals surface area contributed by atoms with Gasteiger partial charge in [0, 0.05) is 25.3 Å². The van der Waals surface area contributed by atoms with Crippen LogP contribution in [0.2, 0.25) is 0 Å². The van der Waals surface area contributed by atoms with Gasteiger partial charge in [0.2, 0.25) is 0 Å². The van der Waals surface area contributed by atoms with Gasteiger partial charge in [-0.25, -0.2) is 9.97 Å². The quantitative estimate of drug-likeness (QED) is 0.833. The molecule has 1 aromatic heterocycles. The van der Waals surface area contributed by atoms with Crippen LogP contribution in [0.3, 0.4) is 0 Å². The van der Waals surface area contributed by atoms with Crippen molar-refractivity contribution in [2.75, 3.05) is 25.0 Å². The molecule has 0 bridgehead atoms. The maximum Gasteiger partial charge on any atom is 0.131 e. The number of aromatic nitrogens is 2. The van der Waals surface area contributed by atoms with Crippen molar-refractivity contribution in [1.29, 1.82) is 0 Å². The van der Waals surface area contributed by atoms with E-state index in [-0.39, 0.29) is 0 Å². The van der Waals surface area contributed by atoms with Crippen molar-refractivity contribution in [3.63, 3.8) is 0 Å². The van der Waals surface area contributed by atoms with Gasteiger partial charge >= 0.3 is 0 Å². The fourth-order valence-corrected chi connectivity index (χ4v) is 2.33. The van der Waals surface area contributed by atoms with E-state index in [0.29, 0.717) is 12.0 Å². The van der Waals surface area contributed by atoms with Gasteiger partial charge in [-0.05, 0) is 38.8 Å². The molecule has 2 atom stereocenters. The van der Waals surface area contributed by atoms with Gasteiger partial charge in [-0.3, -0.25) is 0 Å². The lowest BCUT2D eigenvalue weighted by Gasteiger charge is -2.36. The molecular weight excluding hydrogens is 200 g/mol. The van der Waals surface area contributed by atoms with Crippen molar-refractivity contribution < 1.29 is 0 Å². The first kappa shape index (κ1) is 11.3. The van der Waals surface area contributed by atoms with Crippen molar-refractivity contribution in [2.24, 2.45) is 5.92 Å².